The van der Waals surface area contributed by atoms with E-state index >= 15 is 0 Å². The molecule has 1 amide bonds. The minimum Gasteiger partial charge on any atom is -0.507 e. The summed E-state index contributed by atoms with van der Waals surface area (Å²) in [6.45, 7) is 0.970. The molecule has 1 unspecified atom stereocenters. The lowest BCUT2D eigenvalue weighted by atomic mass is 9.94. The van der Waals surface area contributed by atoms with Gasteiger partial charge in [0.05, 0.1) is 11.6 Å². The third-order valence-electron chi connectivity index (χ3n) is 6.27. The summed E-state index contributed by atoms with van der Waals surface area (Å²) in [4.78, 5) is 33.1. The molecule has 1 saturated heterocycles. The van der Waals surface area contributed by atoms with Crippen molar-refractivity contribution in [1.29, 1.82) is 0 Å². The zero-order valence-corrected chi connectivity index (χ0v) is 18.6. The van der Waals surface area contributed by atoms with E-state index in [1.165, 1.54) is 0 Å². The van der Waals surface area contributed by atoms with Crippen LogP contribution in [0.15, 0.2) is 78.5 Å². The first-order chi connectivity index (χ1) is 16.0. The second kappa shape index (κ2) is 8.22. The molecular weight excluding hydrogens is 414 g/mol. The molecule has 5 rings (SSSR count). The predicted octanol–water partition coefficient (Wildman–Crippen LogP) is 4.30. The highest BCUT2D eigenvalue weighted by atomic mass is 16.3. The highest BCUT2D eigenvalue weighted by Gasteiger charge is 2.46. The molecule has 6 nitrogen and oxygen atoms in total. The van der Waals surface area contributed by atoms with Gasteiger partial charge in [-0.05, 0) is 37.0 Å². The van der Waals surface area contributed by atoms with Crippen LogP contribution >= 0.6 is 0 Å². The molecule has 3 aromatic carbocycles. The number of ketones is 1. The molecule has 2 N–H and O–H groups in total. The average molecular weight is 440 g/mol. The normalized spacial score (nSPS) is 18.2. The van der Waals surface area contributed by atoms with Gasteiger partial charge in [0, 0.05) is 41.3 Å². The van der Waals surface area contributed by atoms with Gasteiger partial charge >= 0.3 is 0 Å². The smallest absolute Gasteiger partial charge is 0.295 e. The fourth-order valence-corrected chi connectivity index (χ4v) is 4.55. The Morgan fingerprint density at radius 2 is 1.73 bits per heavy atom. The van der Waals surface area contributed by atoms with Crippen LogP contribution in [-0.2, 0) is 9.59 Å². The second-order valence-electron chi connectivity index (χ2n) is 8.65. The maximum atomic E-state index is 13.2. The fourth-order valence-electron chi connectivity index (χ4n) is 4.55. The summed E-state index contributed by atoms with van der Waals surface area (Å²) in [7, 11) is 3.85. The third-order valence-corrected chi connectivity index (χ3v) is 6.27. The van der Waals surface area contributed by atoms with Crippen LogP contribution in [0.4, 0.5) is 0 Å². The van der Waals surface area contributed by atoms with Crippen LogP contribution in [0.2, 0.25) is 0 Å². The molecule has 4 aromatic rings. The van der Waals surface area contributed by atoms with Crippen LogP contribution < -0.4 is 0 Å². The lowest BCUT2D eigenvalue weighted by molar-refractivity contribution is -0.140. The number of likely N-dealkylation sites (tertiary alicyclic amines) is 1. The number of amides is 1. The van der Waals surface area contributed by atoms with Crippen molar-refractivity contribution < 1.29 is 14.7 Å². The number of aromatic amines is 1. The second-order valence-corrected chi connectivity index (χ2v) is 8.65. The van der Waals surface area contributed by atoms with E-state index in [0.29, 0.717) is 18.7 Å². The van der Waals surface area contributed by atoms with Crippen LogP contribution in [0, 0.1) is 0 Å². The van der Waals surface area contributed by atoms with Crippen LogP contribution in [-0.4, -0.2) is 58.8 Å². The Hall–Kier alpha value is -3.90. The summed E-state index contributed by atoms with van der Waals surface area (Å²) in [5.74, 6) is -1.40. The molecular formula is C27H25N3O3. The van der Waals surface area contributed by atoms with E-state index in [9.17, 15) is 14.7 Å². The van der Waals surface area contributed by atoms with Gasteiger partial charge in [-0.3, -0.25) is 9.59 Å². The number of aliphatic hydroxyl groups excluding tert-OH is 1. The molecule has 0 bridgehead atoms. The molecule has 1 fully saturated rings. The molecule has 0 saturated carbocycles. The van der Waals surface area contributed by atoms with Crippen molar-refractivity contribution in [3.05, 3.63) is 89.6 Å². The number of H-pyrrole nitrogens is 1. The number of nitrogens with zero attached hydrogens (tertiary/aromatic N) is 2. The van der Waals surface area contributed by atoms with E-state index < -0.39 is 17.7 Å². The number of nitrogens with one attached hydrogen (secondary N) is 1. The number of Topliss-reactive ketones (excluding diaryl/α,β-unsaturated/α-hetero) is 1. The molecule has 2 heterocycles. The Labute approximate surface area is 191 Å². The largest absolute Gasteiger partial charge is 0.507 e. The van der Waals surface area contributed by atoms with Gasteiger partial charge in [0.15, 0.2) is 0 Å². The lowest BCUT2D eigenvalue weighted by Crippen LogP contribution is -2.35. The number of fused-ring (bicyclic) bond motifs is 2. The number of hydrogen-bond acceptors (Lipinski definition) is 4. The van der Waals surface area contributed by atoms with Crippen molar-refractivity contribution in [1.82, 2.24) is 14.8 Å². The number of likely N-dealkylation sites (N-methyl/N-ethyl adjacent to an activating group) is 1. The average Bonchev–Trinajstić information content (AvgIpc) is 3.35. The Balaban J connectivity index is 1.70. The molecule has 166 valence electrons. The molecule has 0 radical (unpaired) electrons. The highest BCUT2D eigenvalue weighted by molar-refractivity contribution is 6.46. The summed E-state index contributed by atoms with van der Waals surface area (Å²) in [6, 6.07) is 20.5. The zero-order valence-electron chi connectivity index (χ0n) is 18.6. The predicted molar refractivity (Wildman–Crippen MR) is 130 cm³/mol. The highest BCUT2D eigenvalue weighted by Crippen LogP contribution is 2.42. The summed E-state index contributed by atoms with van der Waals surface area (Å²) in [5.41, 5.74) is 2.35. The third kappa shape index (κ3) is 3.58. The minimum atomic E-state index is -0.674. The summed E-state index contributed by atoms with van der Waals surface area (Å²) >= 11 is 0. The zero-order chi connectivity index (χ0) is 23.1. The van der Waals surface area contributed by atoms with Crippen LogP contribution in [0.5, 0.6) is 0 Å². The van der Waals surface area contributed by atoms with Gasteiger partial charge in [0.2, 0.25) is 0 Å². The molecule has 1 aliphatic heterocycles. The molecule has 1 aliphatic rings. The summed E-state index contributed by atoms with van der Waals surface area (Å²) < 4.78 is 0. The Bertz CT molecular complexity index is 1420. The van der Waals surface area contributed by atoms with Crippen molar-refractivity contribution in [3.8, 4) is 0 Å². The topological polar surface area (TPSA) is 76.6 Å². The van der Waals surface area contributed by atoms with Crippen LogP contribution in [0.3, 0.4) is 0 Å². The van der Waals surface area contributed by atoms with E-state index in [4.69, 9.17) is 0 Å². The van der Waals surface area contributed by atoms with Crippen molar-refractivity contribution >= 4 is 39.1 Å². The van der Waals surface area contributed by atoms with E-state index in [0.717, 1.165) is 27.2 Å². The van der Waals surface area contributed by atoms with E-state index in [2.05, 4.69) is 4.98 Å². The van der Waals surface area contributed by atoms with Crippen LogP contribution in [0.25, 0.3) is 27.4 Å². The Morgan fingerprint density at radius 3 is 2.52 bits per heavy atom. The Kier molecular flexibility index (Phi) is 5.23. The summed E-state index contributed by atoms with van der Waals surface area (Å²) in [6.07, 6.45) is 1.83. The van der Waals surface area contributed by atoms with E-state index in [1.54, 1.807) is 11.0 Å². The fraction of sp³-hybridized carbons (Fsp3) is 0.185. The van der Waals surface area contributed by atoms with Gasteiger partial charge in [0.1, 0.15) is 5.76 Å². The van der Waals surface area contributed by atoms with Gasteiger partial charge in [-0.1, -0.05) is 54.6 Å². The molecule has 0 aliphatic carbocycles. The number of hydrogen-bond donors (Lipinski definition) is 2. The summed E-state index contributed by atoms with van der Waals surface area (Å²) in [5, 5.41) is 14.3. The van der Waals surface area contributed by atoms with Gasteiger partial charge in [-0.2, -0.15) is 0 Å². The number of carbonyl (C=O) groups excluding carboxylic acids is 2. The van der Waals surface area contributed by atoms with Gasteiger partial charge < -0.3 is 19.9 Å². The van der Waals surface area contributed by atoms with Crippen molar-refractivity contribution in [2.75, 3.05) is 27.2 Å². The Morgan fingerprint density at radius 1 is 1.00 bits per heavy atom. The number of para-hydroxylation sites is 1. The number of carbonyl (C=O) groups is 2. The maximum absolute atomic E-state index is 13.2. The van der Waals surface area contributed by atoms with Crippen molar-refractivity contribution in [2.45, 2.75) is 6.04 Å². The van der Waals surface area contributed by atoms with Crippen LogP contribution in [0.1, 0.15) is 17.2 Å². The monoisotopic (exact) mass is 439 g/mol. The standard InChI is InChI=1S/C27H25N3O3/c1-29(2)13-14-30-24(21-16-28-22-10-6-5-9-20(21)22)23(26(32)27(30)33)25(31)19-12-11-17-7-3-4-8-18(17)15-19/h3-12,15-16,24,28,31H,13-14H2,1-2H3/b25-23+. The maximum Gasteiger partial charge on any atom is 0.295 e. The minimum absolute atomic E-state index is 0.124. The molecule has 33 heavy (non-hydrogen) atoms. The molecule has 1 atom stereocenters. The van der Waals surface area contributed by atoms with Crippen molar-refractivity contribution in [2.24, 2.45) is 0 Å². The first-order valence-corrected chi connectivity index (χ1v) is 10.9. The van der Waals surface area contributed by atoms with Crippen molar-refractivity contribution in [3.63, 3.8) is 0 Å². The van der Waals surface area contributed by atoms with Gasteiger partial charge in [-0.25, -0.2) is 0 Å². The first-order valence-electron chi connectivity index (χ1n) is 10.9. The van der Waals surface area contributed by atoms with Gasteiger partial charge in [0.25, 0.3) is 11.7 Å². The lowest BCUT2D eigenvalue weighted by Gasteiger charge is -2.26. The molecule has 6 heteroatoms. The number of rotatable bonds is 5. The molecule has 0 spiro atoms. The number of aliphatic hydroxyl groups is 1. The quantitative estimate of drug-likeness (QED) is 0.276. The van der Waals surface area contributed by atoms with E-state index in [1.807, 2.05) is 85.9 Å². The number of benzene rings is 3. The van der Waals surface area contributed by atoms with E-state index in [-0.39, 0.29) is 11.3 Å². The first kappa shape index (κ1) is 21.0. The SMILES string of the molecule is CN(C)CCN1C(=O)C(=O)/C(=C(/O)c2ccc3ccccc3c2)C1c1c[nH]c2ccccc12. The molecule has 1 aromatic heterocycles. The number of aromatic nitrogens is 1. The van der Waals surface area contributed by atoms with Gasteiger partial charge in [-0.15, -0.1) is 0 Å².